The molecule has 0 radical (unpaired) electrons. The Morgan fingerprint density at radius 1 is 0.955 bits per heavy atom. The second kappa shape index (κ2) is 9.25. The van der Waals surface area contributed by atoms with Gasteiger partial charge in [-0.25, -0.2) is 4.79 Å². The van der Waals surface area contributed by atoms with Crippen LogP contribution >= 0.6 is 0 Å². The maximum absolute atomic E-state index is 11.7. The van der Waals surface area contributed by atoms with Gasteiger partial charge in [0.25, 0.3) is 0 Å². The molecule has 0 atom stereocenters. The molecule has 3 nitrogen and oxygen atoms in total. The Balaban J connectivity index is 1.65. The van der Waals surface area contributed by atoms with Crippen LogP contribution in [0.25, 0.3) is 0 Å². The Labute approximate surface area is 131 Å². The molecular formula is C19H20N2O. The summed E-state index contributed by atoms with van der Waals surface area (Å²) >= 11 is 0. The highest BCUT2D eigenvalue weighted by atomic mass is 16.2. The van der Waals surface area contributed by atoms with E-state index in [-0.39, 0.29) is 6.03 Å². The van der Waals surface area contributed by atoms with Crippen LogP contribution in [0.4, 0.5) is 4.79 Å². The van der Waals surface area contributed by atoms with Crippen molar-refractivity contribution in [3.05, 3.63) is 83.3 Å². The van der Waals surface area contributed by atoms with Gasteiger partial charge in [-0.3, -0.25) is 0 Å². The molecule has 0 saturated carbocycles. The quantitative estimate of drug-likeness (QED) is 0.776. The van der Waals surface area contributed by atoms with E-state index in [1.54, 1.807) is 0 Å². The van der Waals surface area contributed by atoms with E-state index in [2.05, 4.69) is 34.2 Å². The fourth-order valence-electron chi connectivity index (χ4n) is 1.99. The van der Waals surface area contributed by atoms with Crippen molar-refractivity contribution in [2.75, 3.05) is 13.1 Å². The molecule has 1 aromatic rings. The van der Waals surface area contributed by atoms with Gasteiger partial charge in [0.05, 0.1) is 0 Å². The van der Waals surface area contributed by atoms with E-state index in [9.17, 15) is 4.79 Å². The van der Waals surface area contributed by atoms with Gasteiger partial charge < -0.3 is 10.6 Å². The SMILES string of the molecule is O=C(NCCC1=C=C/C=C\C=C=C1)NCCc1ccccc1. The van der Waals surface area contributed by atoms with Crippen molar-refractivity contribution in [3.8, 4) is 0 Å². The van der Waals surface area contributed by atoms with Crippen molar-refractivity contribution in [2.24, 2.45) is 0 Å². The second-order valence-electron chi connectivity index (χ2n) is 4.87. The maximum atomic E-state index is 11.7. The number of amides is 2. The van der Waals surface area contributed by atoms with Crippen LogP contribution in [-0.4, -0.2) is 19.1 Å². The van der Waals surface area contributed by atoms with Gasteiger partial charge in [-0.2, -0.15) is 0 Å². The monoisotopic (exact) mass is 292 g/mol. The van der Waals surface area contributed by atoms with E-state index in [0.717, 1.165) is 18.4 Å². The zero-order valence-electron chi connectivity index (χ0n) is 12.5. The first-order valence-electron chi connectivity index (χ1n) is 7.43. The molecule has 2 rings (SSSR count). The summed E-state index contributed by atoms with van der Waals surface area (Å²) < 4.78 is 0. The van der Waals surface area contributed by atoms with Gasteiger partial charge >= 0.3 is 6.03 Å². The minimum atomic E-state index is -0.134. The number of hydrogen-bond donors (Lipinski definition) is 2. The van der Waals surface area contributed by atoms with Crippen LogP contribution in [-0.2, 0) is 6.42 Å². The van der Waals surface area contributed by atoms with Gasteiger partial charge in [0.15, 0.2) is 0 Å². The first kappa shape index (κ1) is 15.7. The summed E-state index contributed by atoms with van der Waals surface area (Å²) in [5.41, 5.74) is 8.44. The standard InChI is InChI=1S/C19H20N2O/c22-19(21-16-14-18-11-7-4-8-12-18)20-15-13-17-9-5-2-1-3-6-10-17/h1-5,7-8,10-12H,13-16H2,(H2,20,21,22)/b2-1-. The Bertz CT molecular complexity index is 643. The summed E-state index contributed by atoms with van der Waals surface area (Å²) in [6.45, 7) is 1.21. The molecule has 3 heteroatoms. The van der Waals surface area contributed by atoms with Gasteiger partial charge in [-0.05, 0) is 36.6 Å². The number of hydrogen-bond acceptors (Lipinski definition) is 1. The predicted octanol–water partition coefficient (Wildman–Crippen LogP) is 3.28. The van der Waals surface area contributed by atoms with E-state index in [1.807, 2.05) is 48.6 Å². The highest BCUT2D eigenvalue weighted by molar-refractivity contribution is 5.73. The maximum Gasteiger partial charge on any atom is 0.314 e. The van der Waals surface area contributed by atoms with Crippen molar-refractivity contribution in [3.63, 3.8) is 0 Å². The van der Waals surface area contributed by atoms with Crippen LogP contribution in [0.2, 0.25) is 0 Å². The molecule has 0 fully saturated rings. The summed E-state index contributed by atoms with van der Waals surface area (Å²) in [5.74, 6) is 0. The molecule has 0 saturated heterocycles. The molecule has 1 aliphatic carbocycles. The summed E-state index contributed by atoms with van der Waals surface area (Å²) in [7, 11) is 0. The van der Waals surface area contributed by atoms with E-state index in [1.165, 1.54) is 5.56 Å². The number of carbonyl (C=O) groups excluding carboxylic acids is 1. The number of allylic oxidation sites excluding steroid dienone is 3. The average Bonchev–Trinajstić information content (AvgIpc) is 2.50. The lowest BCUT2D eigenvalue weighted by Gasteiger charge is -2.07. The Morgan fingerprint density at radius 2 is 1.68 bits per heavy atom. The van der Waals surface area contributed by atoms with Crippen LogP contribution in [0.3, 0.4) is 0 Å². The van der Waals surface area contributed by atoms with Crippen LogP contribution in [0.5, 0.6) is 0 Å². The minimum absolute atomic E-state index is 0.134. The van der Waals surface area contributed by atoms with Gasteiger partial charge in [0.1, 0.15) is 0 Å². The minimum Gasteiger partial charge on any atom is -0.338 e. The van der Waals surface area contributed by atoms with Gasteiger partial charge in [-0.15, -0.1) is 11.5 Å². The summed E-state index contributed by atoms with van der Waals surface area (Å²) in [5, 5.41) is 5.71. The fourth-order valence-corrected chi connectivity index (χ4v) is 1.99. The lowest BCUT2D eigenvalue weighted by Crippen LogP contribution is -2.37. The van der Waals surface area contributed by atoms with Crippen LogP contribution in [0.1, 0.15) is 12.0 Å². The van der Waals surface area contributed by atoms with Crippen molar-refractivity contribution in [1.29, 1.82) is 0 Å². The number of carbonyl (C=O) groups is 1. The molecule has 0 heterocycles. The molecule has 1 aromatic carbocycles. The number of urea groups is 1. The summed E-state index contributed by atoms with van der Waals surface area (Å²) in [6, 6.07) is 9.97. The van der Waals surface area contributed by atoms with Crippen molar-refractivity contribution >= 4 is 6.03 Å². The van der Waals surface area contributed by atoms with Crippen molar-refractivity contribution < 1.29 is 4.79 Å². The molecule has 0 aliphatic heterocycles. The highest BCUT2D eigenvalue weighted by Crippen LogP contribution is 2.01. The Kier molecular flexibility index (Phi) is 6.58. The number of benzene rings is 1. The molecule has 0 spiro atoms. The molecule has 112 valence electrons. The lowest BCUT2D eigenvalue weighted by atomic mass is 10.1. The average molecular weight is 292 g/mol. The summed E-state index contributed by atoms with van der Waals surface area (Å²) in [6.07, 6.45) is 11.0. The summed E-state index contributed by atoms with van der Waals surface area (Å²) in [4.78, 5) is 11.7. The lowest BCUT2D eigenvalue weighted by molar-refractivity contribution is 0.241. The first-order chi connectivity index (χ1) is 10.8. The van der Waals surface area contributed by atoms with Crippen LogP contribution in [0.15, 0.2) is 77.7 Å². The predicted molar refractivity (Wildman–Crippen MR) is 89.6 cm³/mol. The second-order valence-corrected chi connectivity index (χ2v) is 4.87. The third-order valence-corrected chi connectivity index (χ3v) is 3.15. The van der Waals surface area contributed by atoms with E-state index >= 15 is 0 Å². The molecule has 2 N–H and O–H groups in total. The van der Waals surface area contributed by atoms with E-state index in [4.69, 9.17) is 0 Å². The third-order valence-electron chi connectivity index (χ3n) is 3.15. The van der Waals surface area contributed by atoms with Gasteiger partial charge in [0, 0.05) is 18.7 Å². The zero-order chi connectivity index (χ0) is 15.5. The molecule has 0 unspecified atom stereocenters. The fraction of sp³-hybridized carbons (Fsp3) is 0.211. The van der Waals surface area contributed by atoms with Gasteiger partial charge in [-0.1, -0.05) is 42.5 Å². The molecule has 2 amide bonds. The van der Waals surface area contributed by atoms with Crippen molar-refractivity contribution in [1.82, 2.24) is 10.6 Å². The topological polar surface area (TPSA) is 41.1 Å². The zero-order valence-corrected chi connectivity index (χ0v) is 12.5. The third kappa shape index (κ3) is 6.15. The van der Waals surface area contributed by atoms with E-state index in [0.29, 0.717) is 13.1 Å². The smallest absolute Gasteiger partial charge is 0.314 e. The molecule has 0 bridgehead atoms. The normalized spacial score (nSPS) is 13.9. The number of rotatable bonds is 6. The Hall–Kier alpha value is -2.73. The molecule has 0 aromatic heterocycles. The first-order valence-corrected chi connectivity index (χ1v) is 7.43. The highest BCUT2D eigenvalue weighted by Gasteiger charge is 2.00. The van der Waals surface area contributed by atoms with Crippen LogP contribution in [0, 0.1) is 0 Å². The number of nitrogens with one attached hydrogen (secondary N) is 2. The molecule has 22 heavy (non-hydrogen) atoms. The van der Waals surface area contributed by atoms with E-state index < -0.39 is 0 Å². The van der Waals surface area contributed by atoms with Crippen LogP contribution < -0.4 is 10.6 Å². The molecule has 1 aliphatic rings. The molecular weight excluding hydrogens is 272 g/mol. The largest absolute Gasteiger partial charge is 0.338 e. The Morgan fingerprint density at radius 3 is 2.50 bits per heavy atom. The van der Waals surface area contributed by atoms with Gasteiger partial charge in [0.2, 0.25) is 0 Å². The van der Waals surface area contributed by atoms with Crippen molar-refractivity contribution in [2.45, 2.75) is 12.8 Å².